The lowest BCUT2D eigenvalue weighted by atomic mass is 10.1. The molecule has 0 aliphatic rings. The highest BCUT2D eigenvalue weighted by molar-refractivity contribution is 5.88. The van der Waals surface area contributed by atoms with Crippen LogP contribution in [0.1, 0.15) is 13.3 Å². The van der Waals surface area contributed by atoms with E-state index in [-0.39, 0.29) is 12.0 Å². The predicted molar refractivity (Wildman–Crippen MR) is 41.7 cm³/mol. The molecule has 0 aliphatic carbocycles. The number of aliphatic hydroxyl groups is 1. The third-order valence-electron chi connectivity index (χ3n) is 1.02. The molecule has 0 bridgehead atoms. The summed E-state index contributed by atoms with van der Waals surface area (Å²) in [4.78, 5) is 10.8. The third kappa shape index (κ3) is 4.33. The molecule has 0 aliphatic heterocycles. The van der Waals surface area contributed by atoms with Crippen LogP contribution < -0.4 is 0 Å². The molecule has 0 amide bonds. The number of carbonyl (C=O) groups excluding carboxylic acids is 1. The molecule has 62 valence electrons. The Hall–Kier alpha value is -1.09. The lowest BCUT2D eigenvalue weighted by molar-refractivity contribution is -0.133. The van der Waals surface area contributed by atoms with Crippen LogP contribution in [0, 0.1) is 0 Å². The Labute approximate surface area is 66.0 Å². The Balaban J connectivity index is 3.83. The SMILES string of the molecule is C=COC(=O)C(=C)CC(C)O. The van der Waals surface area contributed by atoms with Crippen LogP contribution in [0.2, 0.25) is 0 Å². The Morgan fingerprint density at radius 2 is 2.36 bits per heavy atom. The summed E-state index contributed by atoms with van der Waals surface area (Å²) in [7, 11) is 0. The van der Waals surface area contributed by atoms with Gasteiger partial charge in [0.2, 0.25) is 0 Å². The molecule has 0 saturated heterocycles. The molecule has 0 aromatic heterocycles. The molecule has 0 spiro atoms. The van der Waals surface area contributed by atoms with Crippen molar-refractivity contribution in [1.29, 1.82) is 0 Å². The van der Waals surface area contributed by atoms with Gasteiger partial charge in [-0.15, -0.1) is 0 Å². The van der Waals surface area contributed by atoms with E-state index in [2.05, 4.69) is 17.9 Å². The first-order valence-electron chi connectivity index (χ1n) is 3.25. The lowest BCUT2D eigenvalue weighted by Gasteiger charge is -2.04. The maximum atomic E-state index is 10.8. The van der Waals surface area contributed by atoms with Crippen LogP contribution in [0.5, 0.6) is 0 Å². The first-order chi connectivity index (χ1) is 5.07. The average molecular weight is 156 g/mol. The topological polar surface area (TPSA) is 46.5 Å². The third-order valence-corrected chi connectivity index (χ3v) is 1.02. The van der Waals surface area contributed by atoms with Crippen molar-refractivity contribution >= 4 is 5.97 Å². The van der Waals surface area contributed by atoms with E-state index < -0.39 is 12.1 Å². The van der Waals surface area contributed by atoms with E-state index in [4.69, 9.17) is 5.11 Å². The van der Waals surface area contributed by atoms with E-state index in [1.807, 2.05) is 0 Å². The summed E-state index contributed by atoms with van der Waals surface area (Å²) in [6, 6.07) is 0. The number of hydrogen-bond acceptors (Lipinski definition) is 3. The van der Waals surface area contributed by atoms with Gasteiger partial charge in [-0.1, -0.05) is 13.2 Å². The molecule has 0 aromatic carbocycles. The second kappa shape index (κ2) is 4.68. The van der Waals surface area contributed by atoms with Gasteiger partial charge in [0.1, 0.15) is 0 Å². The molecule has 3 heteroatoms. The summed E-state index contributed by atoms with van der Waals surface area (Å²) in [5, 5.41) is 8.85. The minimum Gasteiger partial charge on any atom is -0.432 e. The van der Waals surface area contributed by atoms with Gasteiger partial charge in [0.25, 0.3) is 0 Å². The van der Waals surface area contributed by atoms with Crippen molar-refractivity contribution in [2.24, 2.45) is 0 Å². The van der Waals surface area contributed by atoms with Crippen LogP contribution in [0.4, 0.5) is 0 Å². The van der Waals surface area contributed by atoms with Crippen LogP contribution in [-0.2, 0) is 9.53 Å². The summed E-state index contributed by atoms with van der Waals surface area (Å²) in [5.41, 5.74) is 0.250. The molecule has 1 atom stereocenters. The summed E-state index contributed by atoms with van der Waals surface area (Å²) in [6.45, 7) is 8.22. The number of hydrogen-bond donors (Lipinski definition) is 1. The highest BCUT2D eigenvalue weighted by Gasteiger charge is 2.09. The van der Waals surface area contributed by atoms with Crippen molar-refractivity contribution < 1.29 is 14.6 Å². The predicted octanol–water partition coefficient (Wildman–Crippen LogP) is 1.00. The van der Waals surface area contributed by atoms with Crippen molar-refractivity contribution in [3.63, 3.8) is 0 Å². The zero-order chi connectivity index (χ0) is 8.85. The highest BCUT2D eigenvalue weighted by Crippen LogP contribution is 2.04. The number of ether oxygens (including phenoxy) is 1. The molecule has 0 aromatic rings. The fourth-order valence-electron chi connectivity index (χ4n) is 0.599. The van der Waals surface area contributed by atoms with Crippen molar-refractivity contribution in [3.05, 3.63) is 25.0 Å². The zero-order valence-electron chi connectivity index (χ0n) is 6.54. The van der Waals surface area contributed by atoms with Crippen molar-refractivity contribution in [2.45, 2.75) is 19.4 Å². The molecule has 0 rings (SSSR count). The zero-order valence-corrected chi connectivity index (χ0v) is 6.54. The van der Waals surface area contributed by atoms with Crippen molar-refractivity contribution in [2.75, 3.05) is 0 Å². The second-order valence-corrected chi connectivity index (χ2v) is 2.23. The van der Waals surface area contributed by atoms with Gasteiger partial charge in [-0.25, -0.2) is 4.79 Å². The van der Waals surface area contributed by atoms with Gasteiger partial charge < -0.3 is 9.84 Å². The van der Waals surface area contributed by atoms with Gasteiger partial charge in [-0.2, -0.15) is 0 Å². The fourth-order valence-corrected chi connectivity index (χ4v) is 0.599. The van der Waals surface area contributed by atoms with E-state index in [9.17, 15) is 4.79 Å². The molecule has 0 saturated carbocycles. The fraction of sp³-hybridized carbons (Fsp3) is 0.375. The van der Waals surface area contributed by atoms with E-state index in [0.717, 1.165) is 6.26 Å². The standard InChI is InChI=1S/C8H12O3/c1-4-11-8(10)6(2)5-7(3)9/h4,7,9H,1-2,5H2,3H3. The first-order valence-corrected chi connectivity index (χ1v) is 3.25. The van der Waals surface area contributed by atoms with E-state index in [0.29, 0.717) is 0 Å². The smallest absolute Gasteiger partial charge is 0.338 e. The minimum atomic E-state index is -0.570. The maximum Gasteiger partial charge on any atom is 0.338 e. The van der Waals surface area contributed by atoms with Gasteiger partial charge in [-0.3, -0.25) is 0 Å². The van der Waals surface area contributed by atoms with Crippen molar-refractivity contribution in [3.8, 4) is 0 Å². The quantitative estimate of drug-likeness (QED) is 0.375. The summed E-state index contributed by atoms with van der Waals surface area (Å²) < 4.78 is 4.42. The van der Waals surface area contributed by atoms with Gasteiger partial charge in [0.05, 0.1) is 12.4 Å². The molecule has 11 heavy (non-hydrogen) atoms. The molecule has 0 fully saturated rings. The number of esters is 1. The lowest BCUT2D eigenvalue weighted by Crippen LogP contribution is -2.09. The maximum absolute atomic E-state index is 10.8. The van der Waals surface area contributed by atoms with Crippen LogP contribution in [0.25, 0.3) is 0 Å². The Bertz CT molecular complexity index is 170. The second-order valence-electron chi connectivity index (χ2n) is 2.23. The van der Waals surface area contributed by atoms with Crippen LogP contribution in [0.15, 0.2) is 25.0 Å². The highest BCUT2D eigenvalue weighted by atomic mass is 16.5. The normalized spacial score (nSPS) is 11.8. The van der Waals surface area contributed by atoms with Crippen LogP contribution in [-0.4, -0.2) is 17.2 Å². The Kier molecular flexibility index (Phi) is 4.22. The molecular weight excluding hydrogens is 144 g/mol. The van der Waals surface area contributed by atoms with E-state index >= 15 is 0 Å². The van der Waals surface area contributed by atoms with Gasteiger partial charge in [0.15, 0.2) is 0 Å². The monoisotopic (exact) mass is 156 g/mol. The van der Waals surface area contributed by atoms with E-state index in [1.165, 1.54) is 0 Å². The van der Waals surface area contributed by atoms with Gasteiger partial charge >= 0.3 is 5.97 Å². The largest absolute Gasteiger partial charge is 0.432 e. The molecular formula is C8H12O3. The van der Waals surface area contributed by atoms with Crippen LogP contribution in [0.3, 0.4) is 0 Å². The molecule has 3 nitrogen and oxygen atoms in total. The average Bonchev–Trinajstić information content (AvgIpc) is 1.86. The number of rotatable bonds is 4. The van der Waals surface area contributed by atoms with Gasteiger partial charge in [0, 0.05) is 12.0 Å². The number of aliphatic hydroxyl groups excluding tert-OH is 1. The minimum absolute atomic E-state index is 0.229. The first kappa shape index (κ1) is 9.91. The molecule has 0 heterocycles. The number of carbonyl (C=O) groups is 1. The van der Waals surface area contributed by atoms with E-state index in [1.54, 1.807) is 6.92 Å². The molecule has 1 N–H and O–H groups in total. The summed E-state index contributed by atoms with van der Waals surface area (Å²) in [6.07, 6.45) is 0.697. The Morgan fingerprint density at radius 3 is 2.73 bits per heavy atom. The summed E-state index contributed by atoms with van der Waals surface area (Å²) >= 11 is 0. The van der Waals surface area contributed by atoms with Crippen molar-refractivity contribution in [1.82, 2.24) is 0 Å². The van der Waals surface area contributed by atoms with Gasteiger partial charge in [-0.05, 0) is 6.92 Å². The molecule has 1 unspecified atom stereocenters. The Morgan fingerprint density at radius 1 is 1.82 bits per heavy atom. The van der Waals surface area contributed by atoms with Crippen LogP contribution >= 0.6 is 0 Å². The summed E-state index contributed by atoms with van der Waals surface area (Å²) in [5.74, 6) is -0.541. The molecule has 0 radical (unpaired) electrons.